The molecule has 0 aliphatic carbocycles. The maximum absolute atomic E-state index is 5.90. The second kappa shape index (κ2) is 9.61. The molecule has 1 aromatic carbocycles. The molecule has 1 N–H and O–H groups in total. The standard InChI is InChI=1S/C19H25N3O2.ClH/c1-15-12-22(10-9-21-15)13-17-3-4-18(19(11-17)23-2)24-14-16-5-7-20-8-6-16;/h3-8,11,15,21H,9-10,12-14H2,1-2H3;1H/t15-;/m0./s1. The van der Waals surface area contributed by atoms with Crippen molar-refractivity contribution in [3.63, 3.8) is 0 Å². The highest BCUT2D eigenvalue weighted by atomic mass is 35.5. The Bertz CT molecular complexity index is 654. The van der Waals surface area contributed by atoms with E-state index >= 15 is 0 Å². The van der Waals surface area contributed by atoms with Crippen LogP contribution < -0.4 is 14.8 Å². The zero-order valence-corrected chi connectivity index (χ0v) is 15.6. The second-order valence-electron chi connectivity index (χ2n) is 6.22. The number of nitrogens with one attached hydrogen (secondary N) is 1. The number of rotatable bonds is 6. The van der Waals surface area contributed by atoms with Crippen LogP contribution in [0.3, 0.4) is 0 Å². The molecule has 6 heteroatoms. The fourth-order valence-corrected chi connectivity index (χ4v) is 2.98. The summed E-state index contributed by atoms with van der Waals surface area (Å²) in [6.45, 7) is 6.87. The molecule has 1 aliphatic heterocycles. The van der Waals surface area contributed by atoms with Gasteiger partial charge in [-0.15, -0.1) is 12.4 Å². The van der Waals surface area contributed by atoms with Crippen molar-refractivity contribution in [3.05, 3.63) is 53.9 Å². The fraction of sp³-hybridized carbons (Fsp3) is 0.421. The third-order valence-corrected chi connectivity index (χ3v) is 4.23. The first-order valence-electron chi connectivity index (χ1n) is 8.39. The largest absolute Gasteiger partial charge is 0.493 e. The van der Waals surface area contributed by atoms with Crippen LogP contribution in [0.25, 0.3) is 0 Å². The van der Waals surface area contributed by atoms with Crippen molar-refractivity contribution in [1.82, 2.24) is 15.2 Å². The first-order chi connectivity index (χ1) is 11.7. The quantitative estimate of drug-likeness (QED) is 0.855. The van der Waals surface area contributed by atoms with E-state index in [9.17, 15) is 0 Å². The number of ether oxygens (including phenoxy) is 2. The zero-order valence-electron chi connectivity index (χ0n) is 14.8. The Morgan fingerprint density at radius 3 is 2.68 bits per heavy atom. The van der Waals surface area contributed by atoms with Crippen molar-refractivity contribution in [2.75, 3.05) is 26.7 Å². The van der Waals surface area contributed by atoms with E-state index in [0.717, 1.165) is 43.2 Å². The number of pyridine rings is 1. The van der Waals surface area contributed by atoms with Crippen LogP contribution >= 0.6 is 12.4 Å². The molecule has 0 saturated carbocycles. The van der Waals surface area contributed by atoms with Crippen LogP contribution in [0.15, 0.2) is 42.7 Å². The van der Waals surface area contributed by atoms with Crippen molar-refractivity contribution in [2.45, 2.75) is 26.1 Å². The molecule has 2 heterocycles. The molecule has 0 radical (unpaired) electrons. The maximum Gasteiger partial charge on any atom is 0.161 e. The van der Waals surface area contributed by atoms with Crippen LogP contribution in [0.4, 0.5) is 0 Å². The second-order valence-corrected chi connectivity index (χ2v) is 6.22. The summed E-state index contributed by atoms with van der Waals surface area (Å²) in [7, 11) is 1.69. The normalized spacial score (nSPS) is 17.6. The Kier molecular flexibility index (Phi) is 7.50. The van der Waals surface area contributed by atoms with Gasteiger partial charge in [0.1, 0.15) is 6.61 Å². The van der Waals surface area contributed by atoms with Crippen LogP contribution in [0.2, 0.25) is 0 Å². The summed E-state index contributed by atoms with van der Waals surface area (Å²) in [5, 5.41) is 3.47. The lowest BCUT2D eigenvalue weighted by molar-refractivity contribution is 0.199. The molecule has 0 spiro atoms. The van der Waals surface area contributed by atoms with Gasteiger partial charge in [-0.3, -0.25) is 9.88 Å². The summed E-state index contributed by atoms with van der Waals surface area (Å²) < 4.78 is 11.4. The number of methoxy groups -OCH3 is 1. The SMILES string of the molecule is COc1cc(CN2CCN[C@@H](C)C2)ccc1OCc1ccncc1.Cl. The van der Waals surface area contributed by atoms with E-state index in [1.165, 1.54) is 5.56 Å². The molecule has 1 fully saturated rings. The van der Waals surface area contributed by atoms with Crippen molar-refractivity contribution < 1.29 is 9.47 Å². The summed E-state index contributed by atoms with van der Waals surface area (Å²) in [4.78, 5) is 6.48. The van der Waals surface area contributed by atoms with Gasteiger partial charge in [-0.1, -0.05) is 6.07 Å². The van der Waals surface area contributed by atoms with Gasteiger partial charge in [-0.25, -0.2) is 0 Å². The molecule has 0 bridgehead atoms. The molecule has 0 unspecified atom stereocenters. The molecule has 1 aliphatic rings. The Labute approximate surface area is 155 Å². The maximum atomic E-state index is 5.90. The number of aromatic nitrogens is 1. The predicted octanol–water partition coefficient (Wildman–Crippen LogP) is 2.88. The number of nitrogens with zero attached hydrogens (tertiary/aromatic N) is 2. The van der Waals surface area contributed by atoms with Gasteiger partial charge in [0, 0.05) is 44.6 Å². The zero-order chi connectivity index (χ0) is 16.8. The molecule has 136 valence electrons. The Morgan fingerprint density at radius 1 is 1.16 bits per heavy atom. The average molecular weight is 364 g/mol. The van der Waals surface area contributed by atoms with Crippen molar-refractivity contribution in [2.24, 2.45) is 0 Å². The molecule has 3 rings (SSSR count). The van der Waals surface area contributed by atoms with Gasteiger partial charge in [0.2, 0.25) is 0 Å². The lowest BCUT2D eigenvalue weighted by Crippen LogP contribution is -2.48. The minimum absolute atomic E-state index is 0. The summed E-state index contributed by atoms with van der Waals surface area (Å²) in [6, 6.07) is 10.6. The first kappa shape index (κ1) is 19.5. The highest BCUT2D eigenvalue weighted by Gasteiger charge is 2.16. The van der Waals surface area contributed by atoms with Crippen LogP contribution in [0, 0.1) is 0 Å². The summed E-state index contributed by atoms with van der Waals surface area (Å²) in [5.74, 6) is 1.55. The van der Waals surface area contributed by atoms with Gasteiger partial charge in [-0.05, 0) is 42.3 Å². The number of hydrogen-bond acceptors (Lipinski definition) is 5. The molecule has 1 saturated heterocycles. The Hall–Kier alpha value is -1.82. The molecule has 1 aromatic heterocycles. The lowest BCUT2D eigenvalue weighted by atomic mass is 10.1. The molecule has 2 aromatic rings. The van der Waals surface area contributed by atoms with Gasteiger partial charge < -0.3 is 14.8 Å². The van der Waals surface area contributed by atoms with E-state index < -0.39 is 0 Å². The minimum Gasteiger partial charge on any atom is -0.493 e. The van der Waals surface area contributed by atoms with Crippen LogP contribution in [0.1, 0.15) is 18.1 Å². The fourth-order valence-electron chi connectivity index (χ4n) is 2.98. The van der Waals surface area contributed by atoms with E-state index in [1.807, 2.05) is 18.2 Å². The van der Waals surface area contributed by atoms with E-state index in [4.69, 9.17) is 9.47 Å². The summed E-state index contributed by atoms with van der Waals surface area (Å²) in [5.41, 5.74) is 2.34. The number of hydrogen-bond donors (Lipinski definition) is 1. The van der Waals surface area contributed by atoms with Gasteiger partial charge in [0.15, 0.2) is 11.5 Å². The van der Waals surface area contributed by atoms with E-state index in [2.05, 4.69) is 34.3 Å². The highest BCUT2D eigenvalue weighted by Crippen LogP contribution is 2.29. The molecule has 5 nitrogen and oxygen atoms in total. The third kappa shape index (κ3) is 5.59. The lowest BCUT2D eigenvalue weighted by Gasteiger charge is -2.31. The molecule has 1 atom stereocenters. The van der Waals surface area contributed by atoms with E-state index in [0.29, 0.717) is 12.6 Å². The monoisotopic (exact) mass is 363 g/mol. The Balaban J connectivity index is 0.00000225. The van der Waals surface area contributed by atoms with E-state index in [1.54, 1.807) is 19.5 Å². The topological polar surface area (TPSA) is 46.6 Å². The summed E-state index contributed by atoms with van der Waals surface area (Å²) >= 11 is 0. The molecular weight excluding hydrogens is 338 g/mol. The number of benzene rings is 1. The first-order valence-corrected chi connectivity index (χ1v) is 8.39. The van der Waals surface area contributed by atoms with Crippen LogP contribution in [0.5, 0.6) is 11.5 Å². The number of piperazine rings is 1. The smallest absolute Gasteiger partial charge is 0.161 e. The van der Waals surface area contributed by atoms with Gasteiger partial charge in [-0.2, -0.15) is 0 Å². The van der Waals surface area contributed by atoms with Crippen LogP contribution in [-0.4, -0.2) is 42.7 Å². The van der Waals surface area contributed by atoms with Gasteiger partial charge in [0.05, 0.1) is 7.11 Å². The number of halogens is 1. The summed E-state index contributed by atoms with van der Waals surface area (Å²) in [6.07, 6.45) is 3.54. The molecular formula is C19H26ClN3O2. The van der Waals surface area contributed by atoms with Crippen molar-refractivity contribution in [1.29, 1.82) is 0 Å². The highest BCUT2D eigenvalue weighted by molar-refractivity contribution is 5.85. The minimum atomic E-state index is 0. The predicted molar refractivity (Wildman–Crippen MR) is 102 cm³/mol. The van der Waals surface area contributed by atoms with Crippen molar-refractivity contribution >= 4 is 12.4 Å². The van der Waals surface area contributed by atoms with Gasteiger partial charge >= 0.3 is 0 Å². The Morgan fingerprint density at radius 2 is 1.96 bits per heavy atom. The van der Waals surface area contributed by atoms with E-state index in [-0.39, 0.29) is 12.4 Å². The average Bonchev–Trinajstić information content (AvgIpc) is 2.61. The van der Waals surface area contributed by atoms with Crippen molar-refractivity contribution in [3.8, 4) is 11.5 Å². The van der Waals surface area contributed by atoms with Gasteiger partial charge in [0.25, 0.3) is 0 Å². The van der Waals surface area contributed by atoms with Crippen LogP contribution in [-0.2, 0) is 13.2 Å². The molecule has 25 heavy (non-hydrogen) atoms. The molecule has 0 amide bonds. The third-order valence-electron chi connectivity index (χ3n) is 4.23.